The van der Waals surface area contributed by atoms with Gasteiger partial charge in [-0.1, -0.05) is 36.4 Å². The quantitative estimate of drug-likeness (QED) is 0.303. The molecule has 168 valence electrons. The Bertz CT molecular complexity index is 1280. The smallest absolute Gasteiger partial charge is 0.151 e. The van der Waals surface area contributed by atoms with E-state index in [0.717, 1.165) is 11.1 Å². The van der Waals surface area contributed by atoms with E-state index in [1.54, 1.807) is 29.2 Å². The van der Waals surface area contributed by atoms with Crippen LogP contribution in [0.3, 0.4) is 0 Å². The molecule has 4 aromatic rings. The van der Waals surface area contributed by atoms with Gasteiger partial charge < -0.3 is 20.1 Å². The van der Waals surface area contributed by atoms with E-state index in [1.807, 2.05) is 76.2 Å². The van der Waals surface area contributed by atoms with Gasteiger partial charge in [0.25, 0.3) is 0 Å². The third kappa shape index (κ3) is 4.05. The van der Waals surface area contributed by atoms with Gasteiger partial charge in [0.15, 0.2) is 5.75 Å². The maximum Gasteiger partial charge on any atom is 0.151 e. The van der Waals surface area contributed by atoms with Crippen LogP contribution >= 0.6 is 0 Å². The second-order valence-electron chi connectivity index (χ2n) is 8.12. The van der Waals surface area contributed by atoms with E-state index in [2.05, 4.69) is 0 Å². The van der Waals surface area contributed by atoms with Crippen LogP contribution < -0.4 is 9.64 Å². The van der Waals surface area contributed by atoms with Crippen LogP contribution in [-0.2, 0) is 0 Å². The number of phenols is 3. The molecule has 5 heteroatoms. The van der Waals surface area contributed by atoms with Crippen LogP contribution in [0.1, 0.15) is 22.3 Å². The lowest BCUT2D eigenvalue weighted by atomic mass is 10.1. The van der Waals surface area contributed by atoms with Gasteiger partial charge in [0.1, 0.15) is 23.0 Å². The summed E-state index contributed by atoms with van der Waals surface area (Å²) in [5.41, 5.74) is 4.68. The van der Waals surface area contributed by atoms with Crippen molar-refractivity contribution in [2.24, 2.45) is 0 Å². The fourth-order valence-electron chi connectivity index (χ4n) is 3.78. The number of benzene rings is 4. The minimum absolute atomic E-state index is 0.116. The Labute approximate surface area is 193 Å². The summed E-state index contributed by atoms with van der Waals surface area (Å²) in [6, 6.07) is 21.8. The average molecular weight is 442 g/mol. The van der Waals surface area contributed by atoms with Crippen molar-refractivity contribution < 1.29 is 20.1 Å². The number of aromatic hydroxyl groups is 3. The third-order valence-corrected chi connectivity index (χ3v) is 5.95. The Morgan fingerprint density at radius 3 is 1.70 bits per heavy atom. The second kappa shape index (κ2) is 8.79. The summed E-state index contributed by atoms with van der Waals surface area (Å²) < 4.78 is 6.32. The normalized spacial score (nSPS) is 10.8. The summed E-state index contributed by atoms with van der Waals surface area (Å²) in [6.45, 7) is 7.39. The molecule has 3 N–H and O–H groups in total. The van der Waals surface area contributed by atoms with Crippen molar-refractivity contribution in [2.45, 2.75) is 27.7 Å². The Balaban J connectivity index is 1.94. The highest BCUT2D eigenvalue weighted by molar-refractivity contribution is 5.86. The summed E-state index contributed by atoms with van der Waals surface area (Å²) in [4.78, 5) is 1.79. The third-order valence-electron chi connectivity index (χ3n) is 5.95. The molecular weight excluding hydrogens is 414 g/mol. The molecule has 0 unspecified atom stereocenters. The van der Waals surface area contributed by atoms with E-state index in [1.165, 1.54) is 0 Å². The van der Waals surface area contributed by atoms with Crippen LogP contribution in [-0.4, -0.2) is 15.3 Å². The topological polar surface area (TPSA) is 73.2 Å². The molecule has 0 aliphatic heterocycles. The molecule has 0 aromatic heterocycles. The van der Waals surface area contributed by atoms with Crippen LogP contribution in [0.5, 0.6) is 28.7 Å². The molecule has 0 saturated heterocycles. The molecule has 0 spiro atoms. The molecule has 0 atom stereocenters. The van der Waals surface area contributed by atoms with Crippen molar-refractivity contribution in [3.63, 3.8) is 0 Å². The molecule has 0 saturated carbocycles. The van der Waals surface area contributed by atoms with Gasteiger partial charge in [-0.15, -0.1) is 0 Å². The van der Waals surface area contributed by atoms with Gasteiger partial charge in [-0.25, -0.2) is 0 Å². The van der Waals surface area contributed by atoms with Crippen LogP contribution in [0.4, 0.5) is 17.1 Å². The molecule has 0 fully saturated rings. The summed E-state index contributed by atoms with van der Waals surface area (Å²) >= 11 is 0. The molecule has 33 heavy (non-hydrogen) atoms. The molecule has 4 aromatic carbocycles. The first kappa shape index (κ1) is 22.1. The lowest BCUT2D eigenvalue weighted by Gasteiger charge is -2.29. The first-order valence-corrected chi connectivity index (χ1v) is 10.7. The van der Waals surface area contributed by atoms with E-state index in [0.29, 0.717) is 39.7 Å². The molecular formula is C28H27NO4. The lowest BCUT2D eigenvalue weighted by molar-refractivity contribution is 0.457. The molecule has 0 amide bonds. The van der Waals surface area contributed by atoms with Crippen LogP contribution in [0.15, 0.2) is 72.8 Å². The first-order chi connectivity index (χ1) is 15.8. The molecule has 5 nitrogen and oxygen atoms in total. The summed E-state index contributed by atoms with van der Waals surface area (Å²) in [5, 5.41) is 31.9. The number of rotatable bonds is 5. The van der Waals surface area contributed by atoms with Crippen LogP contribution in [0.25, 0.3) is 0 Å². The average Bonchev–Trinajstić information content (AvgIpc) is 2.81. The van der Waals surface area contributed by atoms with E-state index in [-0.39, 0.29) is 17.2 Å². The number of nitrogens with zero attached hydrogens (tertiary/aromatic N) is 1. The van der Waals surface area contributed by atoms with E-state index in [9.17, 15) is 15.3 Å². The number of ether oxygens (including phenoxy) is 1. The zero-order chi connectivity index (χ0) is 23.7. The number of para-hydroxylation sites is 4. The Morgan fingerprint density at radius 2 is 1.09 bits per heavy atom. The Kier molecular flexibility index (Phi) is 5.88. The standard InChI is InChI=1S/C28H27NO4/c1-17-9-7-12-22(27(17)31)29(23-13-8-10-18(2)28(23)32)21-11-5-6-14-26(21)33-25-16-15-24(30)19(3)20(25)4/h5-16,30-32H,1-4H3. The highest BCUT2D eigenvalue weighted by atomic mass is 16.5. The first-order valence-electron chi connectivity index (χ1n) is 10.7. The SMILES string of the molecule is Cc1cccc(N(c2ccccc2Oc2ccc(O)c(C)c2C)c2cccc(C)c2O)c1O. The van der Waals surface area contributed by atoms with Crippen molar-refractivity contribution in [1.29, 1.82) is 0 Å². The number of hydrogen-bond acceptors (Lipinski definition) is 5. The number of aryl methyl sites for hydroxylation is 2. The minimum Gasteiger partial charge on any atom is -0.508 e. The number of phenolic OH excluding ortho intramolecular Hbond substituents is 3. The number of anilines is 3. The summed E-state index contributed by atoms with van der Waals surface area (Å²) in [7, 11) is 0. The van der Waals surface area contributed by atoms with E-state index >= 15 is 0 Å². The summed E-state index contributed by atoms with van der Waals surface area (Å²) in [5.74, 6) is 1.59. The van der Waals surface area contributed by atoms with Crippen molar-refractivity contribution in [3.05, 3.63) is 95.1 Å². The molecule has 0 heterocycles. The monoisotopic (exact) mass is 441 g/mol. The lowest BCUT2D eigenvalue weighted by Crippen LogP contribution is -2.12. The number of hydrogen-bond donors (Lipinski definition) is 3. The van der Waals surface area contributed by atoms with Gasteiger partial charge in [-0.05, 0) is 86.3 Å². The second-order valence-corrected chi connectivity index (χ2v) is 8.12. The fourth-order valence-corrected chi connectivity index (χ4v) is 3.78. The van der Waals surface area contributed by atoms with Gasteiger partial charge in [-0.2, -0.15) is 0 Å². The minimum atomic E-state index is 0.116. The van der Waals surface area contributed by atoms with Gasteiger partial charge in [0.2, 0.25) is 0 Å². The van der Waals surface area contributed by atoms with E-state index < -0.39 is 0 Å². The van der Waals surface area contributed by atoms with E-state index in [4.69, 9.17) is 4.74 Å². The van der Waals surface area contributed by atoms with Crippen LogP contribution in [0.2, 0.25) is 0 Å². The zero-order valence-electron chi connectivity index (χ0n) is 19.1. The van der Waals surface area contributed by atoms with Gasteiger partial charge in [-0.3, -0.25) is 4.90 Å². The largest absolute Gasteiger partial charge is 0.508 e. The summed E-state index contributed by atoms with van der Waals surface area (Å²) in [6.07, 6.45) is 0. The van der Waals surface area contributed by atoms with Crippen molar-refractivity contribution >= 4 is 17.1 Å². The predicted octanol–water partition coefficient (Wildman–Crippen LogP) is 7.30. The molecule has 0 radical (unpaired) electrons. The van der Waals surface area contributed by atoms with Gasteiger partial charge >= 0.3 is 0 Å². The molecule has 0 aliphatic carbocycles. The van der Waals surface area contributed by atoms with Crippen molar-refractivity contribution in [3.8, 4) is 28.7 Å². The zero-order valence-corrected chi connectivity index (χ0v) is 19.1. The molecule has 0 bridgehead atoms. The molecule has 4 rings (SSSR count). The predicted molar refractivity (Wildman–Crippen MR) is 132 cm³/mol. The fraction of sp³-hybridized carbons (Fsp3) is 0.143. The molecule has 0 aliphatic rings. The van der Waals surface area contributed by atoms with Crippen molar-refractivity contribution in [2.75, 3.05) is 4.90 Å². The van der Waals surface area contributed by atoms with Crippen LogP contribution in [0, 0.1) is 27.7 Å². The highest BCUT2D eigenvalue weighted by Crippen LogP contribution is 2.48. The van der Waals surface area contributed by atoms with Crippen molar-refractivity contribution in [1.82, 2.24) is 0 Å². The Morgan fingerprint density at radius 1 is 0.545 bits per heavy atom. The highest BCUT2D eigenvalue weighted by Gasteiger charge is 2.24. The Hall–Kier alpha value is -4.12. The maximum absolute atomic E-state index is 11.0. The van der Waals surface area contributed by atoms with Gasteiger partial charge in [0, 0.05) is 0 Å². The van der Waals surface area contributed by atoms with Gasteiger partial charge in [0.05, 0.1) is 17.1 Å². The maximum atomic E-state index is 11.0.